The van der Waals surface area contributed by atoms with Crippen molar-refractivity contribution in [3.63, 3.8) is 0 Å². The van der Waals surface area contributed by atoms with Gasteiger partial charge in [-0.2, -0.15) is 0 Å². The first-order valence-corrected chi connectivity index (χ1v) is 7.99. The van der Waals surface area contributed by atoms with E-state index in [1.165, 1.54) is 0 Å². The van der Waals surface area contributed by atoms with Crippen LogP contribution in [0.25, 0.3) is 0 Å². The number of ether oxygens (including phenoxy) is 1. The van der Waals surface area contributed by atoms with Gasteiger partial charge in [0.25, 0.3) is 5.91 Å². The van der Waals surface area contributed by atoms with E-state index in [1.54, 1.807) is 23.5 Å². The molecule has 22 heavy (non-hydrogen) atoms. The summed E-state index contributed by atoms with van der Waals surface area (Å²) in [4.78, 5) is 28.4. The molecule has 114 valence electrons. The van der Waals surface area contributed by atoms with Crippen LogP contribution >= 0.6 is 11.3 Å². The fourth-order valence-corrected chi connectivity index (χ4v) is 3.08. The molecule has 0 spiro atoms. The topological polar surface area (TPSA) is 68.3 Å². The Hall–Kier alpha value is -2.21. The van der Waals surface area contributed by atoms with E-state index < -0.39 is 12.1 Å². The quantitative estimate of drug-likeness (QED) is 0.875. The lowest BCUT2D eigenvalue weighted by molar-refractivity contribution is -0.130. The molecule has 1 N–H and O–H groups in total. The number of rotatable bonds is 4. The molecule has 1 aliphatic rings. The van der Waals surface area contributed by atoms with Gasteiger partial charge >= 0.3 is 5.97 Å². The lowest BCUT2D eigenvalue weighted by atomic mass is 9.98. The van der Waals surface area contributed by atoms with Crippen LogP contribution < -0.4 is 5.32 Å². The Labute approximate surface area is 132 Å². The van der Waals surface area contributed by atoms with Crippen LogP contribution in [-0.4, -0.2) is 29.5 Å². The van der Waals surface area contributed by atoms with Crippen LogP contribution in [0.1, 0.15) is 26.6 Å². The third-order valence-electron chi connectivity index (χ3n) is 3.53. The monoisotopic (exact) mass is 316 g/mol. The smallest absolute Gasteiger partial charge is 0.339 e. The van der Waals surface area contributed by atoms with Gasteiger partial charge in [0.05, 0.1) is 16.3 Å². The molecule has 0 fully saturated rings. The Morgan fingerprint density at radius 2 is 2.27 bits per heavy atom. The predicted octanol–water partition coefficient (Wildman–Crippen LogP) is 1.89. The van der Waals surface area contributed by atoms with Gasteiger partial charge < -0.3 is 10.1 Å². The first-order chi connectivity index (χ1) is 10.6. The van der Waals surface area contributed by atoms with Crippen molar-refractivity contribution in [2.24, 2.45) is 0 Å². The second kappa shape index (κ2) is 6.27. The van der Waals surface area contributed by atoms with E-state index in [0.717, 1.165) is 16.3 Å². The molecule has 2 aromatic rings. The van der Waals surface area contributed by atoms with E-state index in [0.29, 0.717) is 24.9 Å². The minimum atomic E-state index is -0.750. The summed E-state index contributed by atoms with van der Waals surface area (Å²) >= 11 is 1.59. The number of hydrogen-bond acceptors (Lipinski definition) is 5. The van der Waals surface area contributed by atoms with Gasteiger partial charge in [-0.25, -0.2) is 9.78 Å². The van der Waals surface area contributed by atoms with Gasteiger partial charge in [0, 0.05) is 24.8 Å². The van der Waals surface area contributed by atoms with Crippen LogP contribution in [-0.2, 0) is 22.4 Å². The van der Waals surface area contributed by atoms with Crippen LogP contribution in [0.5, 0.6) is 0 Å². The molecule has 1 aromatic heterocycles. The summed E-state index contributed by atoms with van der Waals surface area (Å²) in [6.07, 6.45) is 0.344. The van der Waals surface area contributed by atoms with Crippen molar-refractivity contribution < 1.29 is 14.3 Å². The van der Waals surface area contributed by atoms with Crippen LogP contribution in [0.2, 0.25) is 0 Å². The minimum Gasteiger partial charge on any atom is -0.448 e. The average Bonchev–Trinajstić information content (AvgIpc) is 2.92. The predicted molar refractivity (Wildman–Crippen MR) is 82.9 cm³/mol. The van der Waals surface area contributed by atoms with Crippen molar-refractivity contribution in [1.29, 1.82) is 0 Å². The maximum absolute atomic E-state index is 12.1. The molecule has 2 heterocycles. The summed E-state index contributed by atoms with van der Waals surface area (Å²) in [5.74, 6) is -0.688. The Morgan fingerprint density at radius 1 is 1.45 bits per heavy atom. The molecule has 0 saturated heterocycles. The largest absolute Gasteiger partial charge is 0.448 e. The van der Waals surface area contributed by atoms with Gasteiger partial charge in [0.2, 0.25) is 0 Å². The molecule has 1 aliphatic heterocycles. The maximum Gasteiger partial charge on any atom is 0.339 e. The van der Waals surface area contributed by atoms with E-state index in [9.17, 15) is 9.59 Å². The van der Waals surface area contributed by atoms with E-state index in [2.05, 4.69) is 10.3 Å². The van der Waals surface area contributed by atoms with Crippen LogP contribution in [0.4, 0.5) is 0 Å². The minimum absolute atomic E-state index is 0.255. The molecule has 0 saturated carbocycles. The van der Waals surface area contributed by atoms with E-state index in [4.69, 9.17) is 4.74 Å². The summed E-state index contributed by atoms with van der Waals surface area (Å²) in [6.45, 7) is 2.43. The Balaban J connectivity index is 1.56. The van der Waals surface area contributed by atoms with Gasteiger partial charge in [0.1, 0.15) is 0 Å². The van der Waals surface area contributed by atoms with Crippen LogP contribution in [0.15, 0.2) is 29.6 Å². The van der Waals surface area contributed by atoms with Gasteiger partial charge in [-0.05, 0) is 18.6 Å². The highest BCUT2D eigenvalue weighted by Gasteiger charge is 2.30. The first-order valence-electron chi connectivity index (χ1n) is 7.11. The number of nitrogens with zero attached hydrogens (tertiary/aromatic N) is 1. The van der Waals surface area contributed by atoms with Crippen molar-refractivity contribution in [1.82, 2.24) is 10.3 Å². The van der Waals surface area contributed by atoms with E-state index in [1.807, 2.05) is 24.4 Å². The number of carbonyl (C=O) groups is 2. The number of cyclic esters (lactones) is 1. The molecule has 1 amide bonds. The summed E-state index contributed by atoms with van der Waals surface area (Å²) in [7, 11) is 0. The zero-order chi connectivity index (χ0) is 15.5. The molecule has 0 bridgehead atoms. The van der Waals surface area contributed by atoms with E-state index in [-0.39, 0.29) is 5.91 Å². The SMILES string of the molecule is Cc1nc(CCNC(=O)[C@H]2Cc3ccccc3C(=O)O2)cs1. The van der Waals surface area contributed by atoms with Crippen LogP contribution in [0, 0.1) is 6.92 Å². The maximum atomic E-state index is 12.1. The lowest BCUT2D eigenvalue weighted by Crippen LogP contribution is -2.42. The number of aromatic nitrogens is 1. The number of aryl methyl sites for hydroxylation is 1. The van der Waals surface area contributed by atoms with Crippen molar-refractivity contribution in [2.45, 2.75) is 25.9 Å². The lowest BCUT2D eigenvalue weighted by Gasteiger charge is -2.23. The number of benzene rings is 1. The summed E-state index contributed by atoms with van der Waals surface area (Å²) in [5, 5.41) is 5.81. The van der Waals surface area contributed by atoms with E-state index >= 15 is 0 Å². The molecule has 0 radical (unpaired) electrons. The van der Waals surface area contributed by atoms with Crippen molar-refractivity contribution in [2.75, 3.05) is 6.54 Å². The number of carbonyl (C=O) groups excluding carboxylic acids is 2. The van der Waals surface area contributed by atoms with Gasteiger partial charge in [-0.1, -0.05) is 18.2 Å². The fraction of sp³-hybridized carbons (Fsp3) is 0.312. The highest BCUT2D eigenvalue weighted by molar-refractivity contribution is 7.09. The normalized spacial score (nSPS) is 16.8. The number of hydrogen-bond donors (Lipinski definition) is 1. The molecule has 0 unspecified atom stereocenters. The average molecular weight is 316 g/mol. The number of esters is 1. The molecule has 3 rings (SSSR count). The Kier molecular flexibility index (Phi) is 4.20. The molecule has 0 aliphatic carbocycles. The molecule has 1 atom stereocenters. The van der Waals surface area contributed by atoms with Gasteiger partial charge in [0.15, 0.2) is 6.10 Å². The number of amides is 1. The number of nitrogens with one attached hydrogen (secondary N) is 1. The van der Waals surface area contributed by atoms with Crippen molar-refractivity contribution >= 4 is 23.2 Å². The third-order valence-corrected chi connectivity index (χ3v) is 4.35. The molecular weight excluding hydrogens is 300 g/mol. The van der Waals surface area contributed by atoms with Gasteiger partial charge in [-0.15, -0.1) is 11.3 Å². The number of fused-ring (bicyclic) bond motifs is 1. The fourth-order valence-electron chi connectivity index (χ4n) is 2.43. The highest BCUT2D eigenvalue weighted by atomic mass is 32.1. The van der Waals surface area contributed by atoms with Crippen molar-refractivity contribution in [3.05, 3.63) is 51.5 Å². The Bertz CT molecular complexity index is 711. The second-order valence-corrected chi connectivity index (χ2v) is 6.22. The zero-order valence-electron chi connectivity index (χ0n) is 12.2. The summed E-state index contributed by atoms with van der Waals surface area (Å²) in [5.41, 5.74) is 2.37. The van der Waals surface area contributed by atoms with Gasteiger partial charge in [-0.3, -0.25) is 4.79 Å². The molecule has 5 nitrogen and oxygen atoms in total. The summed E-state index contributed by atoms with van der Waals surface area (Å²) in [6, 6.07) is 7.22. The van der Waals surface area contributed by atoms with Crippen LogP contribution in [0.3, 0.4) is 0 Å². The summed E-state index contributed by atoms with van der Waals surface area (Å²) < 4.78 is 5.22. The van der Waals surface area contributed by atoms with Crippen molar-refractivity contribution in [3.8, 4) is 0 Å². The molecule has 1 aromatic carbocycles. The third kappa shape index (κ3) is 3.17. The first kappa shape index (κ1) is 14.7. The second-order valence-electron chi connectivity index (χ2n) is 5.15. The Morgan fingerprint density at radius 3 is 3.05 bits per heavy atom. The highest BCUT2D eigenvalue weighted by Crippen LogP contribution is 2.20. The zero-order valence-corrected chi connectivity index (χ0v) is 13.0. The molecular formula is C16H16N2O3S. The standard InChI is InChI=1S/C16H16N2O3S/c1-10-18-12(9-22-10)6-7-17-15(19)14-8-11-4-2-3-5-13(11)16(20)21-14/h2-5,9,14H,6-8H2,1H3,(H,17,19)/t14-/m1/s1. The number of thiazole rings is 1. The molecule has 6 heteroatoms.